The van der Waals surface area contributed by atoms with E-state index in [4.69, 9.17) is 0 Å². The molecule has 1 heterocycles. The highest BCUT2D eigenvalue weighted by Crippen LogP contribution is 2.35. The van der Waals surface area contributed by atoms with E-state index in [0.717, 1.165) is 12.5 Å². The Bertz CT molecular complexity index is 248. The van der Waals surface area contributed by atoms with Gasteiger partial charge in [0.05, 0.1) is 6.04 Å². The Balaban J connectivity index is 1.99. The van der Waals surface area contributed by atoms with Crippen LogP contribution in [0.4, 0.5) is 0 Å². The van der Waals surface area contributed by atoms with Crippen molar-refractivity contribution >= 4 is 5.91 Å². The largest absolute Gasteiger partial charge is 0.338 e. The lowest BCUT2D eigenvalue weighted by molar-refractivity contribution is -0.134. The molecule has 92 valence electrons. The molecule has 3 nitrogen and oxygen atoms in total. The van der Waals surface area contributed by atoms with Gasteiger partial charge in [0.15, 0.2) is 0 Å². The number of rotatable bonds is 3. The molecule has 2 unspecified atom stereocenters. The molecule has 1 aliphatic heterocycles. The van der Waals surface area contributed by atoms with Crippen LogP contribution in [0.2, 0.25) is 0 Å². The van der Waals surface area contributed by atoms with E-state index in [9.17, 15) is 4.79 Å². The molecule has 0 bridgehead atoms. The second-order valence-electron chi connectivity index (χ2n) is 5.30. The normalized spacial score (nSPS) is 28.6. The zero-order valence-corrected chi connectivity index (χ0v) is 10.5. The van der Waals surface area contributed by atoms with Crippen molar-refractivity contribution in [3.63, 3.8) is 0 Å². The summed E-state index contributed by atoms with van der Waals surface area (Å²) < 4.78 is 0. The molecule has 1 saturated carbocycles. The summed E-state index contributed by atoms with van der Waals surface area (Å²) in [4.78, 5) is 14.4. The number of carbonyl (C=O) groups is 1. The number of amides is 1. The van der Waals surface area contributed by atoms with Crippen LogP contribution < -0.4 is 5.32 Å². The molecular weight excluding hydrogens is 200 g/mol. The summed E-state index contributed by atoms with van der Waals surface area (Å²) in [5, 5.41) is 3.06. The van der Waals surface area contributed by atoms with Crippen LogP contribution in [-0.2, 0) is 4.79 Å². The topological polar surface area (TPSA) is 32.3 Å². The minimum atomic E-state index is -0.0259. The molecule has 0 aromatic carbocycles. The summed E-state index contributed by atoms with van der Waals surface area (Å²) in [7, 11) is 1.86. The van der Waals surface area contributed by atoms with Crippen LogP contribution in [0.15, 0.2) is 0 Å². The summed E-state index contributed by atoms with van der Waals surface area (Å²) in [6, 6.07) is 0.521. The molecule has 0 spiro atoms. The van der Waals surface area contributed by atoms with E-state index in [0.29, 0.717) is 11.9 Å². The fourth-order valence-corrected chi connectivity index (χ4v) is 3.27. The molecule has 1 saturated heterocycles. The van der Waals surface area contributed by atoms with Crippen LogP contribution in [0.5, 0.6) is 0 Å². The van der Waals surface area contributed by atoms with E-state index in [-0.39, 0.29) is 6.04 Å². The standard InChI is InChI=1S/C13H24N2O/c1-10(14-2)13(16)15-9-5-8-12(15)11-6-3-4-7-11/h10-12,14H,3-9H2,1-2H3. The van der Waals surface area contributed by atoms with Crippen LogP contribution in [0.25, 0.3) is 0 Å². The lowest BCUT2D eigenvalue weighted by Gasteiger charge is -2.31. The van der Waals surface area contributed by atoms with Crippen LogP contribution in [-0.4, -0.2) is 36.5 Å². The predicted molar refractivity (Wildman–Crippen MR) is 65.2 cm³/mol. The summed E-state index contributed by atoms with van der Waals surface area (Å²) in [5.74, 6) is 1.09. The minimum absolute atomic E-state index is 0.0259. The Morgan fingerprint density at radius 3 is 2.56 bits per heavy atom. The SMILES string of the molecule is CNC(C)C(=O)N1CCCC1C1CCCC1. The van der Waals surface area contributed by atoms with Crippen LogP contribution in [0.1, 0.15) is 45.4 Å². The van der Waals surface area contributed by atoms with Gasteiger partial charge in [0.1, 0.15) is 0 Å². The number of hydrogen-bond acceptors (Lipinski definition) is 2. The summed E-state index contributed by atoms with van der Waals surface area (Å²) in [6.07, 6.45) is 7.83. The molecule has 2 aliphatic rings. The average molecular weight is 224 g/mol. The maximum absolute atomic E-state index is 12.2. The first-order valence-electron chi connectivity index (χ1n) is 6.71. The number of carbonyl (C=O) groups excluding carboxylic acids is 1. The van der Waals surface area contributed by atoms with E-state index in [2.05, 4.69) is 10.2 Å². The van der Waals surface area contributed by atoms with Gasteiger partial charge in [-0.05, 0) is 45.6 Å². The average Bonchev–Trinajstić information content (AvgIpc) is 2.95. The summed E-state index contributed by atoms with van der Waals surface area (Å²) >= 11 is 0. The highest BCUT2D eigenvalue weighted by Gasteiger charge is 2.36. The second kappa shape index (κ2) is 5.17. The number of likely N-dealkylation sites (tertiary alicyclic amines) is 1. The van der Waals surface area contributed by atoms with Gasteiger partial charge in [-0.2, -0.15) is 0 Å². The molecule has 0 aromatic heterocycles. The fourth-order valence-electron chi connectivity index (χ4n) is 3.27. The molecule has 2 atom stereocenters. The highest BCUT2D eigenvalue weighted by molar-refractivity contribution is 5.82. The second-order valence-corrected chi connectivity index (χ2v) is 5.30. The Morgan fingerprint density at radius 2 is 1.94 bits per heavy atom. The molecule has 0 radical (unpaired) electrons. The van der Waals surface area contributed by atoms with Crippen molar-refractivity contribution in [3.8, 4) is 0 Å². The first-order valence-corrected chi connectivity index (χ1v) is 6.71. The van der Waals surface area contributed by atoms with Gasteiger partial charge in [0.25, 0.3) is 0 Å². The molecule has 2 rings (SSSR count). The van der Waals surface area contributed by atoms with Crippen molar-refractivity contribution in [1.82, 2.24) is 10.2 Å². The fraction of sp³-hybridized carbons (Fsp3) is 0.923. The van der Waals surface area contributed by atoms with Gasteiger partial charge in [0.2, 0.25) is 5.91 Å². The Morgan fingerprint density at radius 1 is 1.25 bits per heavy atom. The smallest absolute Gasteiger partial charge is 0.239 e. The van der Waals surface area contributed by atoms with Gasteiger partial charge in [-0.3, -0.25) is 4.79 Å². The molecule has 1 amide bonds. The van der Waals surface area contributed by atoms with Gasteiger partial charge in [-0.25, -0.2) is 0 Å². The summed E-state index contributed by atoms with van der Waals surface area (Å²) in [5.41, 5.74) is 0. The van der Waals surface area contributed by atoms with Gasteiger partial charge in [-0.1, -0.05) is 12.8 Å². The third-order valence-electron chi connectivity index (χ3n) is 4.33. The Hall–Kier alpha value is -0.570. The van der Waals surface area contributed by atoms with Gasteiger partial charge in [-0.15, -0.1) is 0 Å². The van der Waals surface area contributed by atoms with Crippen LogP contribution >= 0.6 is 0 Å². The van der Waals surface area contributed by atoms with Crippen molar-refractivity contribution in [2.75, 3.05) is 13.6 Å². The summed E-state index contributed by atoms with van der Waals surface area (Å²) in [6.45, 7) is 2.94. The molecule has 3 heteroatoms. The van der Waals surface area contributed by atoms with E-state index in [1.54, 1.807) is 0 Å². The molecule has 1 aliphatic carbocycles. The number of nitrogens with zero attached hydrogens (tertiary/aromatic N) is 1. The number of nitrogens with one attached hydrogen (secondary N) is 1. The number of likely N-dealkylation sites (N-methyl/N-ethyl adjacent to an activating group) is 1. The van der Waals surface area contributed by atoms with Gasteiger partial charge < -0.3 is 10.2 Å². The van der Waals surface area contributed by atoms with Crippen LogP contribution in [0, 0.1) is 5.92 Å². The molecule has 2 fully saturated rings. The Kier molecular flexibility index (Phi) is 3.85. The number of hydrogen-bond donors (Lipinski definition) is 1. The third kappa shape index (κ3) is 2.24. The van der Waals surface area contributed by atoms with E-state index < -0.39 is 0 Å². The maximum atomic E-state index is 12.2. The predicted octanol–water partition coefficient (Wildman–Crippen LogP) is 1.78. The van der Waals surface area contributed by atoms with Crippen molar-refractivity contribution in [3.05, 3.63) is 0 Å². The molecular formula is C13H24N2O. The van der Waals surface area contributed by atoms with Crippen molar-refractivity contribution in [2.45, 2.75) is 57.5 Å². The maximum Gasteiger partial charge on any atom is 0.239 e. The quantitative estimate of drug-likeness (QED) is 0.792. The first kappa shape index (κ1) is 11.9. The van der Waals surface area contributed by atoms with E-state index in [1.165, 1.54) is 38.5 Å². The third-order valence-corrected chi connectivity index (χ3v) is 4.33. The van der Waals surface area contributed by atoms with E-state index in [1.807, 2.05) is 14.0 Å². The van der Waals surface area contributed by atoms with Gasteiger partial charge >= 0.3 is 0 Å². The monoisotopic (exact) mass is 224 g/mol. The molecule has 16 heavy (non-hydrogen) atoms. The lowest BCUT2D eigenvalue weighted by Crippen LogP contribution is -2.47. The molecule has 1 N–H and O–H groups in total. The minimum Gasteiger partial charge on any atom is -0.338 e. The van der Waals surface area contributed by atoms with Gasteiger partial charge in [0, 0.05) is 12.6 Å². The zero-order valence-electron chi connectivity index (χ0n) is 10.5. The highest BCUT2D eigenvalue weighted by atomic mass is 16.2. The molecule has 0 aromatic rings. The Labute approximate surface area is 98.6 Å². The lowest BCUT2D eigenvalue weighted by atomic mass is 9.96. The first-order chi connectivity index (χ1) is 7.74. The van der Waals surface area contributed by atoms with Crippen molar-refractivity contribution in [2.24, 2.45) is 5.92 Å². The zero-order chi connectivity index (χ0) is 11.5. The van der Waals surface area contributed by atoms with Crippen LogP contribution in [0.3, 0.4) is 0 Å². The van der Waals surface area contributed by atoms with Crippen molar-refractivity contribution in [1.29, 1.82) is 0 Å². The van der Waals surface area contributed by atoms with E-state index >= 15 is 0 Å². The van der Waals surface area contributed by atoms with Crippen molar-refractivity contribution < 1.29 is 4.79 Å².